The van der Waals surface area contributed by atoms with E-state index in [1.54, 1.807) is 30.1 Å². The number of fused-ring (bicyclic) bond motifs is 1. The lowest BCUT2D eigenvalue weighted by Crippen LogP contribution is -2.34. The van der Waals surface area contributed by atoms with Crippen molar-refractivity contribution < 1.29 is 18.6 Å². The molecule has 0 saturated heterocycles. The van der Waals surface area contributed by atoms with E-state index in [1.807, 2.05) is 41.5 Å². The summed E-state index contributed by atoms with van der Waals surface area (Å²) in [6, 6.07) is 5.00. The van der Waals surface area contributed by atoms with Crippen molar-refractivity contribution in [1.82, 2.24) is 14.8 Å². The molecule has 0 bridgehead atoms. The van der Waals surface area contributed by atoms with E-state index in [1.165, 1.54) is 17.8 Å². The van der Waals surface area contributed by atoms with Crippen molar-refractivity contribution in [3.8, 4) is 17.0 Å². The summed E-state index contributed by atoms with van der Waals surface area (Å²) in [5.41, 5.74) is 1.71. The number of aryl methyl sites for hydroxylation is 1. The van der Waals surface area contributed by atoms with Gasteiger partial charge in [0.25, 0.3) is 0 Å². The molecule has 1 aromatic carbocycles. The van der Waals surface area contributed by atoms with Gasteiger partial charge in [-0.15, -0.1) is 11.8 Å². The number of nitrogens with zero attached hydrogens (tertiary/aromatic N) is 5. The van der Waals surface area contributed by atoms with Crippen molar-refractivity contribution in [2.24, 2.45) is 12.0 Å². The predicted molar refractivity (Wildman–Crippen MR) is 113 cm³/mol. The Balaban J connectivity index is 1.77. The largest absolute Gasteiger partial charge is 0.434 e. The third-order valence-electron chi connectivity index (χ3n) is 4.57. The fourth-order valence-electron chi connectivity index (χ4n) is 3.29. The topological polar surface area (TPSA) is 66.1 Å². The fourth-order valence-corrected chi connectivity index (χ4v) is 4.16. The van der Waals surface area contributed by atoms with Gasteiger partial charge < -0.3 is 9.84 Å². The first-order valence-electron chi connectivity index (χ1n) is 9.34. The van der Waals surface area contributed by atoms with E-state index in [0.717, 1.165) is 16.4 Å². The number of hydrogen-bond acceptors (Lipinski definition) is 7. The van der Waals surface area contributed by atoms with E-state index in [4.69, 9.17) is 4.74 Å². The van der Waals surface area contributed by atoms with Crippen molar-refractivity contribution in [3.63, 3.8) is 0 Å². The standard InChI is InChI=1S/C20H21F2N5O2S/c1-13(12-28)30-14-4-5-17(29-20(21)22)15(10-14)19-16(11-25(2)24-19)26-9-6-18-23-7-3-8-27(18)26/h3-8,10-11,13,20,28H,9,12H2,1-2H3. The third kappa shape index (κ3) is 4.05. The number of thioether (sulfide) groups is 1. The number of halogens is 2. The molecule has 3 heterocycles. The molecule has 2 aromatic rings. The summed E-state index contributed by atoms with van der Waals surface area (Å²) in [5, 5.41) is 17.7. The second-order valence-corrected chi connectivity index (χ2v) is 8.30. The summed E-state index contributed by atoms with van der Waals surface area (Å²) in [4.78, 5) is 5.17. The SMILES string of the molecule is CC(CO)Sc1ccc(OC(F)F)c(-c2nn(C)cc2N2CC=C3N=CC=CN32)c1. The van der Waals surface area contributed by atoms with Gasteiger partial charge in [0.1, 0.15) is 23.0 Å². The Hall–Kier alpha value is -2.85. The van der Waals surface area contributed by atoms with E-state index >= 15 is 0 Å². The number of hydrogen-bond donors (Lipinski definition) is 1. The molecule has 0 amide bonds. The molecule has 1 unspecified atom stereocenters. The summed E-state index contributed by atoms with van der Waals surface area (Å²) >= 11 is 1.45. The number of aromatic nitrogens is 2. The fraction of sp³-hybridized carbons (Fsp3) is 0.300. The van der Waals surface area contributed by atoms with Crippen LogP contribution in [0, 0.1) is 0 Å². The summed E-state index contributed by atoms with van der Waals surface area (Å²) in [5.74, 6) is 0.836. The smallest absolute Gasteiger partial charge is 0.387 e. The Morgan fingerprint density at radius 2 is 2.17 bits per heavy atom. The molecule has 0 radical (unpaired) electrons. The van der Waals surface area contributed by atoms with Gasteiger partial charge in [-0.1, -0.05) is 6.92 Å². The average molecular weight is 433 g/mol. The van der Waals surface area contributed by atoms with Gasteiger partial charge in [-0.3, -0.25) is 9.69 Å². The number of aliphatic imine (C=N–C) groups is 1. The van der Waals surface area contributed by atoms with Crippen LogP contribution in [0.4, 0.5) is 14.5 Å². The van der Waals surface area contributed by atoms with Crippen LogP contribution in [-0.4, -0.2) is 51.1 Å². The van der Waals surface area contributed by atoms with Crippen molar-refractivity contribution in [1.29, 1.82) is 0 Å². The minimum atomic E-state index is -2.95. The highest BCUT2D eigenvalue weighted by Gasteiger charge is 2.29. The van der Waals surface area contributed by atoms with Gasteiger partial charge >= 0.3 is 6.61 Å². The number of benzene rings is 1. The average Bonchev–Trinajstić information content (AvgIpc) is 3.31. The number of aliphatic hydroxyl groups excluding tert-OH is 1. The first-order chi connectivity index (χ1) is 14.5. The lowest BCUT2D eigenvalue weighted by Gasteiger charge is -2.30. The van der Waals surface area contributed by atoms with Gasteiger partial charge in [-0.2, -0.15) is 13.9 Å². The first-order valence-corrected chi connectivity index (χ1v) is 10.2. The number of anilines is 1. The summed E-state index contributed by atoms with van der Waals surface area (Å²) in [6.07, 6.45) is 9.23. The van der Waals surface area contributed by atoms with Crippen LogP contribution in [0.25, 0.3) is 11.3 Å². The van der Waals surface area contributed by atoms with Crippen LogP contribution in [0.2, 0.25) is 0 Å². The van der Waals surface area contributed by atoms with Gasteiger partial charge in [0.05, 0.1) is 19.3 Å². The number of rotatable bonds is 7. The Morgan fingerprint density at radius 3 is 2.93 bits per heavy atom. The van der Waals surface area contributed by atoms with Crippen LogP contribution in [0.15, 0.2) is 58.5 Å². The molecular weight excluding hydrogens is 412 g/mol. The molecule has 0 fully saturated rings. The second kappa shape index (κ2) is 8.49. The molecule has 158 valence electrons. The van der Waals surface area contributed by atoms with Gasteiger partial charge in [0.15, 0.2) is 0 Å². The normalized spacial score (nSPS) is 16.3. The van der Waals surface area contributed by atoms with E-state index in [0.29, 0.717) is 17.8 Å². The third-order valence-corrected chi connectivity index (χ3v) is 5.64. The Morgan fingerprint density at radius 1 is 1.33 bits per heavy atom. The molecule has 1 aromatic heterocycles. The van der Waals surface area contributed by atoms with Crippen LogP contribution in [0.3, 0.4) is 0 Å². The molecule has 2 aliphatic heterocycles. The molecule has 2 aliphatic rings. The number of hydrazine groups is 1. The molecule has 30 heavy (non-hydrogen) atoms. The molecule has 0 aliphatic carbocycles. The Bertz CT molecular complexity index is 1020. The highest BCUT2D eigenvalue weighted by atomic mass is 32.2. The van der Waals surface area contributed by atoms with E-state index in [-0.39, 0.29) is 17.6 Å². The van der Waals surface area contributed by atoms with Crippen molar-refractivity contribution in [2.75, 3.05) is 18.2 Å². The minimum absolute atomic E-state index is 0.00809. The summed E-state index contributed by atoms with van der Waals surface area (Å²) in [7, 11) is 1.78. The lowest BCUT2D eigenvalue weighted by atomic mass is 10.1. The summed E-state index contributed by atoms with van der Waals surface area (Å²) in [6.45, 7) is -0.490. The Kier molecular flexibility index (Phi) is 5.78. The highest BCUT2D eigenvalue weighted by molar-refractivity contribution is 8.00. The number of ether oxygens (including phenoxy) is 1. The summed E-state index contributed by atoms with van der Waals surface area (Å²) < 4.78 is 32.6. The first kappa shape index (κ1) is 20.4. The molecule has 10 heteroatoms. The van der Waals surface area contributed by atoms with Gasteiger partial charge in [0, 0.05) is 35.2 Å². The van der Waals surface area contributed by atoms with E-state index < -0.39 is 6.61 Å². The van der Waals surface area contributed by atoms with E-state index in [9.17, 15) is 13.9 Å². The van der Waals surface area contributed by atoms with E-state index in [2.05, 4.69) is 10.1 Å². The maximum Gasteiger partial charge on any atom is 0.387 e. The van der Waals surface area contributed by atoms with Crippen molar-refractivity contribution >= 4 is 23.7 Å². The maximum absolute atomic E-state index is 13.1. The van der Waals surface area contributed by atoms with Crippen LogP contribution in [0.5, 0.6) is 5.75 Å². The van der Waals surface area contributed by atoms with Crippen LogP contribution in [-0.2, 0) is 7.05 Å². The zero-order chi connectivity index (χ0) is 21.3. The molecule has 1 N–H and O–H groups in total. The Labute approximate surface area is 176 Å². The molecule has 0 saturated carbocycles. The zero-order valence-electron chi connectivity index (χ0n) is 16.4. The van der Waals surface area contributed by atoms with Crippen LogP contribution >= 0.6 is 11.8 Å². The quantitative estimate of drug-likeness (QED) is 0.673. The minimum Gasteiger partial charge on any atom is -0.434 e. The number of alkyl halides is 2. The van der Waals surface area contributed by atoms with Crippen LogP contribution < -0.4 is 9.75 Å². The maximum atomic E-state index is 13.1. The molecular formula is C20H21F2N5O2S. The van der Waals surface area contributed by atoms with Crippen molar-refractivity contribution in [2.45, 2.75) is 23.7 Å². The van der Waals surface area contributed by atoms with Crippen LogP contribution in [0.1, 0.15) is 6.92 Å². The number of allylic oxidation sites excluding steroid dienone is 1. The molecule has 4 rings (SSSR count). The zero-order valence-corrected chi connectivity index (χ0v) is 17.3. The lowest BCUT2D eigenvalue weighted by molar-refractivity contribution is -0.0494. The highest BCUT2D eigenvalue weighted by Crippen LogP contribution is 2.41. The van der Waals surface area contributed by atoms with Crippen molar-refractivity contribution in [3.05, 3.63) is 48.6 Å². The number of aliphatic hydroxyl groups is 1. The van der Waals surface area contributed by atoms with Gasteiger partial charge in [0.2, 0.25) is 0 Å². The second-order valence-electron chi connectivity index (χ2n) is 6.79. The predicted octanol–water partition coefficient (Wildman–Crippen LogP) is 3.64. The monoisotopic (exact) mass is 433 g/mol. The van der Waals surface area contributed by atoms with Gasteiger partial charge in [-0.05, 0) is 30.4 Å². The molecule has 0 spiro atoms. The molecule has 7 nitrogen and oxygen atoms in total. The molecule has 1 atom stereocenters. The van der Waals surface area contributed by atoms with Gasteiger partial charge in [-0.25, -0.2) is 10.0 Å².